The molecule has 0 aliphatic heterocycles. The summed E-state index contributed by atoms with van der Waals surface area (Å²) < 4.78 is 25.1. The van der Waals surface area contributed by atoms with E-state index in [4.69, 9.17) is 9.47 Å². The number of fused-ring (bicyclic) bond motifs is 1. The molecule has 0 amide bonds. The fraction of sp³-hybridized carbons (Fsp3) is 0.0909. The summed E-state index contributed by atoms with van der Waals surface area (Å²) >= 11 is 0. The maximum absolute atomic E-state index is 14.5. The molecule has 3 aromatic carbocycles. The second-order valence-corrected chi connectivity index (χ2v) is 6.12. The summed E-state index contributed by atoms with van der Waals surface area (Å²) in [6.45, 7) is 0. The van der Waals surface area contributed by atoms with Crippen molar-refractivity contribution in [3.05, 3.63) is 72.5 Å². The molecule has 0 aliphatic carbocycles. The molecule has 6 heteroatoms. The van der Waals surface area contributed by atoms with Crippen molar-refractivity contribution in [1.29, 1.82) is 0 Å². The molecule has 28 heavy (non-hydrogen) atoms. The molecule has 1 aromatic heterocycles. The Morgan fingerprint density at radius 1 is 0.786 bits per heavy atom. The summed E-state index contributed by atoms with van der Waals surface area (Å²) in [7, 11) is 3.16. The van der Waals surface area contributed by atoms with Crippen LogP contribution in [0.3, 0.4) is 0 Å². The molecule has 0 unspecified atom stereocenters. The van der Waals surface area contributed by atoms with Gasteiger partial charge < -0.3 is 14.8 Å². The third-order valence-electron chi connectivity index (χ3n) is 4.31. The molecular formula is C22H18FN3O2. The molecule has 5 nitrogen and oxygen atoms in total. The Balaban J connectivity index is 1.88. The highest BCUT2D eigenvalue weighted by Crippen LogP contribution is 2.33. The molecule has 0 atom stereocenters. The summed E-state index contributed by atoms with van der Waals surface area (Å²) in [6.07, 6.45) is 0. The topological polar surface area (TPSA) is 56.3 Å². The van der Waals surface area contributed by atoms with Crippen LogP contribution >= 0.6 is 0 Å². The van der Waals surface area contributed by atoms with E-state index in [0.717, 1.165) is 0 Å². The molecule has 0 bridgehead atoms. The van der Waals surface area contributed by atoms with Crippen LogP contribution in [-0.4, -0.2) is 24.2 Å². The quantitative estimate of drug-likeness (QED) is 0.520. The van der Waals surface area contributed by atoms with Gasteiger partial charge in [0.1, 0.15) is 23.0 Å². The Kier molecular flexibility index (Phi) is 4.76. The molecule has 0 saturated carbocycles. The molecular weight excluding hydrogens is 357 g/mol. The lowest BCUT2D eigenvalue weighted by molar-refractivity contribution is 0.395. The normalized spacial score (nSPS) is 10.7. The number of halogens is 1. The van der Waals surface area contributed by atoms with Crippen LogP contribution in [0.1, 0.15) is 0 Å². The molecule has 1 heterocycles. The second kappa shape index (κ2) is 7.52. The highest BCUT2D eigenvalue weighted by molar-refractivity contribution is 5.85. The average molecular weight is 375 g/mol. The lowest BCUT2D eigenvalue weighted by Crippen LogP contribution is -2.02. The number of hydrogen-bond donors (Lipinski definition) is 1. The summed E-state index contributed by atoms with van der Waals surface area (Å²) in [6, 6.07) is 19.4. The Hall–Kier alpha value is -3.67. The standard InChI is InChI=1S/C22H18FN3O2/c1-27-15-11-14(12-16(13-15)28-2)24-22-21(17-7-3-4-8-18(17)23)25-19-9-5-6-10-20(19)26-22/h3-13H,1-2H3,(H,24,26). The van der Waals surface area contributed by atoms with Gasteiger partial charge in [-0.3, -0.25) is 0 Å². The molecule has 0 fully saturated rings. The SMILES string of the molecule is COc1cc(Nc2nc3ccccc3nc2-c2ccccc2F)cc(OC)c1. The minimum atomic E-state index is -0.363. The number of nitrogens with zero attached hydrogens (tertiary/aromatic N) is 2. The molecule has 4 rings (SSSR count). The predicted octanol–water partition coefficient (Wildman–Crippen LogP) is 5.20. The molecule has 140 valence electrons. The van der Waals surface area contributed by atoms with Gasteiger partial charge in [0.15, 0.2) is 5.82 Å². The number of methoxy groups -OCH3 is 2. The third kappa shape index (κ3) is 3.44. The number of aromatic nitrogens is 2. The summed E-state index contributed by atoms with van der Waals surface area (Å²) in [5, 5.41) is 3.24. The van der Waals surface area contributed by atoms with Gasteiger partial charge in [0, 0.05) is 29.4 Å². The van der Waals surface area contributed by atoms with Crippen LogP contribution in [0.4, 0.5) is 15.9 Å². The van der Waals surface area contributed by atoms with Gasteiger partial charge in [-0.05, 0) is 24.3 Å². The number of nitrogens with one attached hydrogen (secondary N) is 1. The summed E-state index contributed by atoms with van der Waals surface area (Å²) in [5.41, 5.74) is 2.89. The van der Waals surface area contributed by atoms with Crippen molar-refractivity contribution in [3.63, 3.8) is 0 Å². The highest BCUT2D eigenvalue weighted by Gasteiger charge is 2.15. The van der Waals surface area contributed by atoms with Gasteiger partial charge in [-0.2, -0.15) is 0 Å². The molecule has 0 saturated heterocycles. The number of anilines is 2. The fourth-order valence-corrected chi connectivity index (χ4v) is 2.94. The van der Waals surface area contributed by atoms with Crippen molar-refractivity contribution < 1.29 is 13.9 Å². The van der Waals surface area contributed by atoms with Gasteiger partial charge >= 0.3 is 0 Å². The Morgan fingerprint density at radius 3 is 2.04 bits per heavy atom. The van der Waals surface area contributed by atoms with Crippen LogP contribution in [-0.2, 0) is 0 Å². The number of ether oxygens (including phenoxy) is 2. The Morgan fingerprint density at radius 2 is 1.39 bits per heavy atom. The zero-order valence-electron chi connectivity index (χ0n) is 15.4. The monoisotopic (exact) mass is 375 g/mol. The number of benzene rings is 3. The van der Waals surface area contributed by atoms with Crippen LogP contribution < -0.4 is 14.8 Å². The molecule has 0 radical (unpaired) electrons. The van der Waals surface area contributed by atoms with Crippen LogP contribution in [0.15, 0.2) is 66.7 Å². The van der Waals surface area contributed by atoms with Crippen molar-refractivity contribution in [1.82, 2.24) is 9.97 Å². The van der Waals surface area contributed by atoms with E-state index in [1.54, 1.807) is 38.5 Å². The van der Waals surface area contributed by atoms with E-state index in [2.05, 4.69) is 15.3 Å². The van der Waals surface area contributed by atoms with Crippen molar-refractivity contribution in [2.45, 2.75) is 0 Å². The number of para-hydroxylation sites is 2. The molecule has 0 aliphatic rings. The van der Waals surface area contributed by atoms with Crippen LogP contribution in [0.25, 0.3) is 22.3 Å². The van der Waals surface area contributed by atoms with Crippen molar-refractivity contribution >= 4 is 22.5 Å². The maximum Gasteiger partial charge on any atom is 0.157 e. The Bertz CT molecular complexity index is 1130. The lowest BCUT2D eigenvalue weighted by atomic mass is 10.1. The molecule has 0 spiro atoms. The predicted molar refractivity (Wildman–Crippen MR) is 108 cm³/mol. The van der Waals surface area contributed by atoms with E-state index in [9.17, 15) is 4.39 Å². The van der Waals surface area contributed by atoms with E-state index in [1.165, 1.54) is 6.07 Å². The lowest BCUT2D eigenvalue weighted by Gasteiger charge is -2.14. The van der Waals surface area contributed by atoms with E-state index in [0.29, 0.717) is 45.3 Å². The molecule has 1 N–H and O–H groups in total. The first-order valence-corrected chi connectivity index (χ1v) is 8.69. The highest BCUT2D eigenvalue weighted by atomic mass is 19.1. The third-order valence-corrected chi connectivity index (χ3v) is 4.31. The van der Waals surface area contributed by atoms with Crippen molar-refractivity contribution in [3.8, 4) is 22.8 Å². The zero-order chi connectivity index (χ0) is 19.5. The van der Waals surface area contributed by atoms with Gasteiger partial charge in [0.05, 0.1) is 25.3 Å². The van der Waals surface area contributed by atoms with Gasteiger partial charge in [-0.25, -0.2) is 14.4 Å². The van der Waals surface area contributed by atoms with Gasteiger partial charge in [-0.15, -0.1) is 0 Å². The fourth-order valence-electron chi connectivity index (χ4n) is 2.94. The van der Waals surface area contributed by atoms with Crippen molar-refractivity contribution in [2.75, 3.05) is 19.5 Å². The van der Waals surface area contributed by atoms with E-state index >= 15 is 0 Å². The first kappa shape index (κ1) is 17.7. The first-order valence-electron chi connectivity index (χ1n) is 8.69. The van der Waals surface area contributed by atoms with E-state index < -0.39 is 0 Å². The second-order valence-electron chi connectivity index (χ2n) is 6.12. The van der Waals surface area contributed by atoms with Crippen LogP contribution in [0, 0.1) is 5.82 Å². The van der Waals surface area contributed by atoms with E-state index in [-0.39, 0.29) is 5.82 Å². The largest absolute Gasteiger partial charge is 0.497 e. The average Bonchev–Trinajstić information content (AvgIpc) is 2.73. The first-order chi connectivity index (χ1) is 13.7. The van der Waals surface area contributed by atoms with Gasteiger partial charge in [0.25, 0.3) is 0 Å². The summed E-state index contributed by atoms with van der Waals surface area (Å²) in [4.78, 5) is 9.34. The molecule has 4 aromatic rings. The minimum absolute atomic E-state index is 0.363. The summed E-state index contributed by atoms with van der Waals surface area (Å²) in [5.74, 6) is 1.34. The maximum atomic E-state index is 14.5. The minimum Gasteiger partial charge on any atom is -0.497 e. The number of hydrogen-bond acceptors (Lipinski definition) is 5. The van der Waals surface area contributed by atoms with Gasteiger partial charge in [0.2, 0.25) is 0 Å². The van der Waals surface area contributed by atoms with Crippen LogP contribution in [0.5, 0.6) is 11.5 Å². The number of rotatable bonds is 5. The van der Waals surface area contributed by atoms with E-state index in [1.807, 2.05) is 36.4 Å². The zero-order valence-corrected chi connectivity index (χ0v) is 15.4. The van der Waals surface area contributed by atoms with Gasteiger partial charge in [-0.1, -0.05) is 24.3 Å². The smallest absolute Gasteiger partial charge is 0.157 e. The van der Waals surface area contributed by atoms with Crippen LogP contribution in [0.2, 0.25) is 0 Å². The van der Waals surface area contributed by atoms with Crippen molar-refractivity contribution in [2.24, 2.45) is 0 Å². The Labute approximate surface area is 161 Å².